The van der Waals surface area contributed by atoms with Gasteiger partial charge in [0.05, 0.1) is 19.5 Å². The molecule has 0 amide bonds. The van der Waals surface area contributed by atoms with Crippen molar-refractivity contribution in [3.63, 3.8) is 0 Å². The smallest absolute Gasteiger partial charge is 0.360 e. The number of hydrogen-bond acceptors (Lipinski definition) is 5. The summed E-state index contributed by atoms with van der Waals surface area (Å²) in [6, 6.07) is 7.85. The van der Waals surface area contributed by atoms with Crippen molar-refractivity contribution in [1.82, 2.24) is 14.6 Å². The zero-order chi connectivity index (χ0) is 16.7. The molecule has 1 fully saturated rings. The van der Waals surface area contributed by atoms with Crippen LogP contribution in [0.1, 0.15) is 34.8 Å². The molecule has 0 aliphatic heterocycles. The van der Waals surface area contributed by atoms with Gasteiger partial charge in [0.25, 0.3) is 0 Å². The lowest BCUT2D eigenvalue weighted by Gasteiger charge is -2.11. The Balaban J connectivity index is 1.78. The van der Waals surface area contributed by atoms with Gasteiger partial charge in [-0.05, 0) is 36.5 Å². The van der Waals surface area contributed by atoms with Gasteiger partial charge in [-0.3, -0.25) is 0 Å². The maximum Gasteiger partial charge on any atom is 0.360 e. The Kier molecular flexibility index (Phi) is 3.61. The summed E-state index contributed by atoms with van der Waals surface area (Å²) >= 11 is 6.03. The molecule has 1 aliphatic rings. The van der Waals surface area contributed by atoms with Crippen LogP contribution in [-0.2, 0) is 4.74 Å². The molecule has 2 heterocycles. The van der Waals surface area contributed by atoms with Gasteiger partial charge in [-0.2, -0.15) is 5.10 Å². The highest BCUT2D eigenvalue weighted by Gasteiger charge is 2.25. The van der Waals surface area contributed by atoms with Crippen molar-refractivity contribution in [2.24, 2.45) is 0 Å². The van der Waals surface area contributed by atoms with Gasteiger partial charge in [0.2, 0.25) is 0 Å². The fourth-order valence-corrected chi connectivity index (χ4v) is 2.79. The standard InChI is InChI=1S/C17H14ClN3O3/c1-23-17(22)15-14(9-19-16-13(18)8-20-21(15)16)24-12-4-2-3-11(7-12)10-5-6-10/h2-4,7-10H,5-6H2,1H3. The number of rotatable bonds is 4. The van der Waals surface area contributed by atoms with Crippen LogP contribution in [0.3, 0.4) is 0 Å². The molecule has 0 radical (unpaired) electrons. The van der Waals surface area contributed by atoms with E-state index >= 15 is 0 Å². The van der Waals surface area contributed by atoms with E-state index in [-0.39, 0.29) is 11.4 Å². The molecule has 0 atom stereocenters. The third kappa shape index (κ3) is 2.59. The topological polar surface area (TPSA) is 65.7 Å². The second kappa shape index (κ2) is 5.79. The molecule has 4 rings (SSSR count). The zero-order valence-corrected chi connectivity index (χ0v) is 13.7. The van der Waals surface area contributed by atoms with Gasteiger partial charge in [0.1, 0.15) is 10.8 Å². The lowest BCUT2D eigenvalue weighted by molar-refractivity contribution is 0.0587. The van der Waals surface area contributed by atoms with Crippen LogP contribution in [0, 0.1) is 0 Å². The summed E-state index contributed by atoms with van der Waals surface area (Å²) in [7, 11) is 1.30. The van der Waals surface area contributed by atoms with E-state index in [2.05, 4.69) is 16.1 Å². The molecule has 1 aliphatic carbocycles. The molecule has 2 aromatic heterocycles. The SMILES string of the molecule is COC(=O)c1c(Oc2cccc(C3CC3)c2)cnc2c(Cl)cnn12. The molecule has 24 heavy (non-hydrogen) atoms. The summed E-state index contributed by atoms with van der Waals surface area (Å²) in [6.45, 7) is 0. The van der Waals surface area contributed by atoms with E-state index in [0.29, 0.717) is 22.3 Å². The summed E-state index contributed by atoms with van der Waals surface area (Å²) in [6.07, 6.45) is 5.29. The molecule has 1 aromatic carbocycles. The number of esters is 1. The van der Waals surface area contributed by atoms with Crippen LogP contribution < -0.4 is 4.74 Å². The maximum absolute atomic E-state index is 12.2. The van der Waals surface area contributed by atoms with Crippen LogP contribution >= 0.6 is 11.6 Å². The first-order valence-corrected chi connectivity index (χ1v) is 7.93. The fourth-order valence-electron chi connectivity index (χ4n) is 2.62. The minimum absolute atomic E-state index is 0.145. The Morgan fingerprint density at radius 1 is 1.33 bits per heavy atom. The summed E-state index contributed by atoms with van der Waals surface area (Å²) < 4.78 is 12.1. The van der Waals surface area contributed by atoms with Crippen molar-refractivity contribution in [3.8, 4) is 11.5 Å². The van der Waals surface area contributed by atoms with Gasteiger partial charge in [0.15, 0.2) is 17.1 Å². The molecule has 0 saturated heterocycles. The lowest BCUT2D eigenvalue weighted by atomic mass is 10.1. The number of carbonyl (C=O) groups excluding carboxylic acids is 1. The number of nitrogens with zero attached hydrogens (tertiary/aromatic N) is 3. The Labute approximate surface area is 143 Å². The number of methoxy groups -OCH3 is 1. The van der Waals surface area contributed by atoms with Crippen LogP contribution in [0.25, 0.3) is 5.65 Å². The van der Waals surface area contributed by atoms with Gasteiger partial charge in [-0.15, -0.1) is 0 Å². The predicted molar refractivity (Wildman–Crippen MR) is 87.8 cm³/mol. The van der Waals surface area contributed by atoms with Crippen molar-refractivity contribution in [3.05, 3.63) is 52.9 Å². The number of fused-ring (bicyclic) bond motifs is 1. The largest absolute Gasteiger partial charge is 0.464 e. The fraction of sp³-hybridized carbons (Fsp3) is 0.235. The third-order valence-electron chi connectivity index (χ3n) is 3.96. The van der Waals surface area contributed by atoms with Crippen molar-refractivity contribution in [2.75, 3.05) is 7.11 Å². The van der Waals surface area contributed by atoms with E-state index in [1.54, 1.807) is 0 Å². The first-order chi connectivity index (χ1) is 11.7. The first kappa shape index (κ1) is 15.0. The van der Waals surface area contributed by atoms with E-state index in [9.17, 15) is 4.79 Å². The normalized spacial score (nSPS) is 13.9. The molecule has 7 heteroatoms. The molecule has 122 valence electrons. The Morgan fingerprint density at radius 3 is 2.92 bits per heavy atom. The van der Waals surface area contributed by atoms with Crippen LogP contribution in [-0.4, -0.2) is 27.7 Å². The molecule has 6 nitrogen and oxygen atoms in total. The second-order valence-electron chi connectivity index (χ2n) is 5.64. The Morgan fingerprint density at radius 2 is 2.17 bits per heavy atom. The highest BCUT2D eigenvalue weighted by molar-refractivity contribution is 6.33. The average molecular weight is 344 g/mol. The van der Waals surface area contributed by atoms with E-state index in [0.717, 1.165) is 0 Å². The number of hydrogen-bond donors (Lipinski definition) is 0. The molecule has 0 unspecified atom stereocenters. The second-order valence-corrected chi connectivity index (χ2v) is 6.05. The van der Waals surface area contributed by atoms with Gasteiger partial charge < -0.3 is 9.47 Å². The van der Waals surface area contributed by atoms with Crippen molar-refractivity contribution < 1.29 is 14.3 Å². The zero-order valence-electron chi connectivity index (χ0n) is 12.9. The van der Waals surface area contributed by atoms with E-state index < -0.39 is 5.97 Å². The van der Waals surface area contributed by atoms with Gasteiger partial charge in [-0.1, -0.05) is 23.7 Å². The summed E-state index contributed by atoms with van der Waals surface area (Å²) in [4.78, 5) is 16.4. The summed E-state index contributed by atoms with van der Waals surface area (Å²) in [5.41, 5.74) is 1.76. The summed E-state index contributed by atoms with van der Waals surface area (Å²) in [5, 5.41) is 4.44. The third-order valence-corrected chi connectivity index (χ3v) is 4.23. The summed E-state index contributed by atoms with van der Waals surface area (Å²) in [5.74, 6) is 0.945. The number of ether oxygens (including phenoxy) is 2. The van der Waals surface area contributed by atoms with E-state index in [1.165, 1.54) is 42.4 Å². The minimum Gasteiger partial charge on any atom is -0.464 e. The molecule has 0 N–H and O–H groups in total. The van der Waals surface area contributed by atoms with Crippen LogP contribution in [0.4, 0.5) is 0 Å². The molecular weight excluding hydrogens is 330 g/mol. The molecule has 0 bridgehead atoms. The van der Waals surface area contributed by atoms with Crippen LogP contribution in [0.15, 0.2) is 36.7 Å². The minimum atomic E-state index is -0.574. The predicted octanol–water partition coefficient (Wildman–Crippen LogP) is 3.84. The van der Waals surface area contributed by atoms with Crippen LogP contribution in [0.2, 0.25) is 5.02 Å². The quantitative estimate of drug-likeness (QED) is 0.673. The average Bonchev–Trinajstić information content (AvgIpc) is 3.38. The molecule has 3 aromatic rings. The Bertz CT molecular complexity index is 934. The van der Waals surface area contributed by atoms with E-state index in [1.807, 2.05) is 18.2 Å². The number of aromatic nitrogens is 3. The van der Waals surface area contributed by atoms with Gasteiger partial charge >= 0.3 is 5.97 Å². The first-order valence-electron chi connectivity index (χ1n) is 7.55. The number of halogens is 1. The molecular formula is C17H14ClN3O3. The van der Waals surface area contributed by atoms with E-state index in [4.69, 9.17) is 21.1 Å². The maximum atomic E-state index is 12.2. The van der Waals surface area contributed by atoms with Crippen molar-refractivity contribution in [1.29, 1.82) is 0 Å². The highest BCUT2D eigenvalue weighted by Crippen LogP contribution is 2.41. The monoisotopic (exact) mass is 343 g/mol. The van der Waals surface area contributed by atoms with Crippen molar-refractivity contribution >= 4 is 23.2 Å². The van der Waals surface area contributed by atoms with Crippen LogP contribution in [0.5, 0.6) is 11.5 Å². The lowest BCUT2D eigenvalue weighted by Crippen LogP contribution is -2.12. The molecule has 0 spiro atoms. The highest BCUT2D eigenvalue weighted by atomic mass is 35.5. The van der Waals surface area contributed by atoms with Gasteiger partial charge in [-0.25, -0.2) is 14.3 Å². The number of benzene rings is 1. The Hall–Kier alpha value is -2.60. The molecule has 1 saturated carbocycles. The number of carbonyl (C=O) groups is 1. The van der Waals surface area contributed by atoms with Gasteiger partial charge in [0, 0.05) is 0 Å². The van der Waals surface area contributed by atoms with Crippen molar-refractivity contribution in [2.45, 2.75) is 18.8 Å².